The molecule has 3 rings (SSSR count). The number of anilines is 1. The zero-order valence-corrected chi connectivity index (χ0v) is 14.4. The monoisotopic (exact) mass is 357 g/mol. The molecule has 0 atom stereocenters. The zero-order chi connectivity index (χ0) is 18.5. The van der Waals surface area contributed by atoms with E-state index in [-0.39, 0.29) is 17.8 Å². The van der Waals surface area contributed by atoms with Crippen LogP contribution >= 0.6 is 0 Å². The Morgan fingerprint density at radius 2 is 1.50 bits per heavy atom. The van der Waals surface area contributed by atoms with Crippen LogP contribution in [-0.4, -0.2) is 55.0 Å². The molecular formula is C19H20FN3O3. The van der Waals surface area contributed by atoms with Crippen molar-refractivity contribution in [3.8, 4) is 5.75 Å². The van der Waals surface area contributed by atoms with Gasteiger partial charge in [0.1, 0.15) is 11.6 Å². The molecule has 0 aromatic heterocycles. The topological polar surface area (TPSA) is 61.9 Å². The summed E-state index contributed by atoms with van der Waals surface area (Å²) in [7, 11) is 1.58. The van der Waals surface area contributed by atoms with Gasteiger partial charge in [0.15, 0.2) is 0 Å². The predicted octanol–water partition coefficient (Wildman–Crippen LogP) is 2.82. The number of nitrogens with zero attached hydrogens (tertiary/aromatic N) is 2. The van der Waals surface area contributed by atoms with E-state index in [1.165, 1.54) is 24.3 Å². The molecule has 1 aliphatic heterocycles. The van der Waals surface area contributed by atoms with Crippen LogP contribution in [0.1, 0.15) is 10.4 Å². The van der Waals surface area contributed by atoms with Crippen LogP contribution < -0.4 is 10.1 Å². The molecule has 2 aromatic rings. The number of rotatable bonds is 3. The molecule has 7 heteroatoms. The summed E-state index contributed by atoms with van der Waals surface area (Å²) in [6.07, 6.45) is 0. The highest BCUT2D eigenvalue weighted by Gasteiger charge is 2.24. The number of nitrogens with one attached hydrogen (secondary N) is 1. The van der Waals surface area contributed by atoms with Crippen LogP contribution in [0.25, 0.3) is 0 Å². The van der Waals surface area contributed by atoms with Gasteiger partial charge in [-0.05, 0) is 48.5 Å². The summed E-state index contributed by atoms with van der Waals surface area (Å²) in [4.78, 5) is 28.1. The van der Waals surface area contributed by atoms with Crippen LogP contribution in [0.15, 0.2) is 48.5 Å². The molecule has 1 aliphatic rings. The standard InChI is InChI=1S/C19H20FN3O3/c1-26-17-8-6-16(7-9-17)21-19(25)23-12-10-22(11-13-23)18(24)14-2-4-15(20)5-3-14/h2-9H,10-13H2,1H3,(H,21,25). The Bertz CT molecular complexity index is 770. The van der Waals surface area contributed by atoms with Crippen molar-refractivity contribution in [2.45, 2.75) is 0 Å². The quantitative estimate of drug-likeness (QED) is 0.919. The summed E-state index contributed by atoms with van der Waals surface area (Å²) in [6.45, 7) is 1.75. The van der Waals surface area contributed by atoms with Gasteiger partial charge in [0, 0.05) is 37.4 Å². The molecule has 6 nitrogen and oxygen atoms in total. The molecule has 0 bridgehead atoms. The number of amides is 3. The van der Waals surface area contributed by atoms with Gasteiger partial charge in [-0.1, -0.05) is 0 Å². The minimum atomic E-state index is -0.374. The molecule has 136 valence electrons. The van der Waals surface area contributed by atoms with Crippen molar-refractivity contribution in [1.29, 1.82) is 0 Å². The van der Waals surface area contributed by atoms with E-state index in [0.717, 1.165) is 5.75 Å². The number of benzene rings is 2. The first-order valence-electron chi connectivity index (χ1n) is 8.31. The third kappa shape index (κ3) is 4.11. The first kappa shape index (κ1) is 17.7. The lowest BCUT2D eigenvalue weighted by Crippen LogP contribution is -2.51. The van der Waals surface area contributed by atoms with Gasteiger partial charge < -0.3 is 19.9 Å². The van der Waals surface area contributed by atoms with Crippen molar-refractivity contribution in [1.82, 2.24) is 9.80 Å². The van der Waals surface area contributed by atoms with Gasteiger partial charge in [-0.2, -0.15) is 0 Å². The third-order valence-electron chi connectivity index (χ3n) is 4.29. The normalized spacial score (nSPS) is 14.1. The van der Waals surface area contributed by atoms with E-state index >= 15 is 0 Å². The molecule has 0 spiro atoms. The summed E-state index contributed by atoms with van der Waals surface area (Å²) in [5.41, 5.74) is 1.13. The van der Waals surface area contributed by atoms with Gasteiger partial charge in [0.25, 0.3) is 5.91 Å². The number of methoxy groups -OCH3 is 1. The lowest BCUT2D eigenvalue weighted by molar-refractivity contribution is 0.0671. The first-order valence-corrected chi connectivity index (χ1v) is 8.31. The molecule has 1 fully saturated rings. The summed E-state index contributed by atoms with van der Waals surface area (Å²) < 4.78 is 18.1. The van der Waals surface area contributed by atoms with Crippen LogP contribution in [0.5, 0.6) is 5.75 Å². The van der Waals surface area contributed by atoms with Gasteiger partial charge in [-0.3, -0.25) is 4.79 Å². The van der Waals surface area contributed by atoms with Crippen LogP contribution in [0, 0.1) is 5.82 Å². The Kier molecular flexibility index (Phi) is 5.36. The predicted molar refractivity (Wildman–Crippen MR) is 95.9 cm³/mol. The maximum Gasteiger partial charge on any atom is 0.321 e. The average molecular weight is 357 g/mol. The second-order valence-corrected chi connectivity index (χ2v) is 5.94. The summed E-state index contributed by atoms with van der Waals surface area (Å²) in [6, 6.07) is 12.4. The Hall–Kier alpha value is -3.09. The third-order valence-corrected chi connectivity index (χ3v) is 4.29. The van der Waals surface area contributed by atoms with Crippen molar-refractivity contribution in [3.05, 3.63) is 59.9 Å². The highest BCUT2D eigenvalue weighted by Crippen LogP contribution is 2.16. The highest BCUT2D eigenvalue weighted by molar-refractivity contribution is 5.94. The number of halogens is 1. The van der Waals surface area contributed by atoms with E-state index < -0.39 is 0 Å². The molecular weight excluding hydrogens is 337 g/mol. The Balaban J connectivity index is 1.53. The van der Waals surface area contributed by atoms with Crippen LogP contribution in [0.2, 0.25) is 0 Å². The molecule has 0 radical (unpaired) electrons. The van der Waals surface area contributed by atoms with Crippen LogP contribution in [0.3, 0.4) is 0 Å². The van der Waals surface area contributed by atoms with E-state index in [9.17, 15) is 14.0 Å². The fourth-order valence-corrected chi connectivity index (χ4v) is 2.76. The van der Waals surface area contributed by atoms with Crippen molar-refractivity contribution >= 4 is 17.6 Å². The summed E-state index contributed by atoms with van der Waals surface area (Å²) >= 11 is 0. The number of carbonyl (C=O) groups is 2. The maximum atomic E-state index is 13.0. The molecule has 3 amide bonds. The Morgan fingerprint density at radius 1 is 0.923 bits per heavy atom. The SMILES string of the molecule is COc1ccc(NC(=O)N2CCN(C(=O)c3ccc(F)cc3)CC2)cc1. The number of piperazine rings is 1. The molecule has 0 unspecified atom stereocenters. The number of hydrogen-bond acceptors (Lipinski definition) is 3. The molecule has 0 saturated carbocycles. The zero-order valence-electron chi connectivity index (χ0n) is 14.4. The molecule has 0 aliphatic carbocycles. The van der Waals surface area contributed by atoms with Crippen molar-refractivity contribution < 1.29 is 18.7 Å². The van der Waals surface area contributed by atoms with Crippen molar-refractivity contribution in [2.75, 3.05) is 38.6 Å². The van der Waals surface area contributed by atoms with E-state index in [1.54, 1.807) is 41.2 Å². The minimum absolute atomic E-state index is 0.153. The number of hydrogen-bond donors (Lipinski definition) is 1. The maximum absolute atomic E-state index is 13.0. The smallest absolute Gasteiger partial charge is 0.321 e. The van der Waals surface area contributed by atoms with Crippen molar-refractivity contribution in [2.24, 2.45) is 0 Å². The van der Waals surface area contributed by atoms with E-state index in [2.05, 4.69) is 5.32 Å². The van der Waals surface area contributed by atoms with Crippen molar-refractivity contribution in [3.63, 3.8) is 0 Å². The number of carbonyl (C=O) groups excluding carboxylic acids is 2. The van der Waals surface area contributed by atoms with Crippen LogP contribution in [-0.2, 0) is 0 Å². The summed E-state index contributed by atoms with van der Waals surface area (Å²) in [5, 5.41) is 2.83. The molecule has 2 aromatic carbocycles. The Labute approximate surface area is 151 Å². The first-order chi connectivity index (χ1) is 12.6. The molecule has 1 saturated heterocycles. The van der Waals surface area contributed by atoms with Gasteiger partial charge in [-0.15, -0.1) is 0 Å². The number of ether oxygens (including phenoxy) is 1. The summed E-state index contributed by atoms with van der Waals surface area (Å²) in [5.74, 6) is 0.192. The van der Waals surface area contributed by atoms with Gasteiger partial charge in [0.05, 0.1) is 7.11 Å². The second kappa shape index (κ2) is 7.86. The van der Waals surface area contributed by atoms with E-state index in [0.29, 0.717) is 37.4 Å². The Morgan fingerprint density at radius 3 is 2.08 bits per heavy atom. The highest BCUT2D eigenvalue weighted by atomic mass is 19.1. The van der Waals surface area contributed by atoms with Gasteiger partial charge >= 0.3 is 6.03 Å². The fourth-order valence-electron chi connectivity index (χ4n) is 2.76. The number of urea groups is 1. The van der Waals surface area contributed by atoms with E-state index in [4.69, 9.17) is 4.74 Å². The van der Waals surface area contributed by atoms with Gasteiger partial charge in [-0.25, -0.2) is 9.18 Å². The minimum Gasteiger partial charge on any atom is -0.497 e. The second-order valence-electron chi connectivity index (χ2n) is 5.94. The molecule has 1 N–H and O–H groups in total. The molecule has 1 heterocycles. The lowest BCUT2D eigenvalue weighted by Gasteiger charge is -2.34. The van der Waals surface area contributed by atoms with E-state index in [1.807, 2.05) is 0 Å². The fraction of sp³-hybridized carbons (Fsp3) is 0.263. The van der Waals surface area contributed by atoms with Crippen LogP contribution in [0.4, 0.5) is 14.9 Å². The molecule has 26 heavy (non-hydrogen) atoms. The van der Waals surface area contributed by atoms with Gasteiger partial charge in [0.2, 0.25) is 0 Å². The lowest BCUT2D eigenvalue weighted by atomic mass is 10.2. The average Bonchev–Trinajstić information content (AvgIpc) is 2.69. The largest absolute Gasteiger partial charge is 0.497 e.